The Balaban J connectivity index is 1.35. The predicted octanol–water partition coefficient (Wildman–Crippen LogP) is 3.92. The van der Waals surface area contributed by atoms with Gasteiger partial charge in [-0.2, -0.15) is 0 Å². The van der Waals surface area contributed by atoms with Crippen LogP contribution in [0, 0.1) is 6.92 Å². The summed E-state index contributed by atoms with van der Waals surface area (Å²) < 4.78 is 5.25. The van der Waals surface area contributed by atoms with E-state index in [4.69, 9.17) is 16.3 Å². The average molecular weight is 499 g/mol. The lowest BCUT2D eigenvalue weighted by Gasteiger charge is -2.36. The van der Waals surface area contributed by atoms with Crippen LogP contribution in [0.5, 0.6) is 5.75 Å². The highest BCUT2D eigenvalue weighted by atomic mass is 35.5. The number of rotatable bonds is 7. The number of aromatic amines is 1. The Morgan fingerprint density at radius 2 is 1.91 bits per heavy atom. The number of nitrogens with zero attached hydrogens (tertiary/aromatic N) is 3. The number of benzene rings is 2. The van der Waals surface area contributed by atoms with Crippen molar-refractivity contribution in [3.63, 3.8) is 0 Å². The Morgan fingerprint density at radius 1 is 1.15 bits per heavy atom. The van der Waals surface area contributed by atoms with Crippen LogP contribution in [0.1, 0.15) is 16.8 Å². The van der Waals surface area contributed by atoms with E-state index in [1.165, 1.54) is 11.8 Å². The van der Waals surface area contributed by atoms with E-state index >= 15 is 0 Å². The summed E-state index contributed by atoms with van der Waals surface area (Å²) in [4.78, 5) is 37.0. The zero-order valence-electron chi connectivity index (χ0n) is 19.2. The molecule has 0 bridgehead atoms. The van der Waals surface area contributed by atoms with Crippen molar-refractivity contribution in [3.05, 3.63) is 80.7 Å². The minimum absolute atomic E-state index is 0.0478. The molecule has 1 aliphatic heterocycles. The van der Waals surface area contributed by atoms with Crippen LogP contribution >= 0.6 is 23.4 Å². The molecule has 2 heterocycles. The topological polar surface area (TPSA) is 78.5 Å². The summed E-state index contributed by atoms with van der Waals surface area (Å²) in [5.74, 6) is 1.38. The summed E-state index contributed by atoms with van der Waals surface area (Å²) in [6, 6.07) is 15.5. The number of thioether (sulfide) groups is 1. The maximum absolute atomic E-state index is 12.9. The Bertz CT molecular complexity index is 1220. The van der Waals surface area contributed by atoms with E-state index < -0.39 is 0 Å². The normalized spacial score (nSPS) is 13.7. The van der Waals surface area contributed by atoms with Crippen LogP contribution in [-0.2, 0) is 17.0 Å². The van der Waals surface area contributed by atoms with Gasteiger partial charge in [0.05, 0.1) is 13.5 Å². The summed E-state index contributed by atoms with van der Waals surface area (Å²) >= 11 is 7.54. The van der Waals surface area contributed by atoms with Gasteiger partial charge >= 0.3 is 0 Å². The Labute approximate surface area is 208 Å². The first-order chi connectivity index (χ1) is 16.4. The van der Waals surface area contributed by atoms with Gasteiger partial charge in [0.25, 0.3) is 5.56 Å². The monoisotopic (exact) mass is 498 g/mol. The summed E-state index contributed by atoms with van der Waals surface area (Å²) in [6.07, 6.45) is 0.0478. The van der Waals surface area contributed by atoms with Crippen molar-refractivity contribution in [1.82, 2.24) is 14.9 Å². The van der Waals surface area contributed by atoms with Crippen molar-refractivity contribution >= 4 is 35.0 Å². The molecule has 0 saturated carbocycles. The Hall–Kier alpha value is -2.97. The first-order valence-corrected chi connectivity index (χ1v) is 12.4. The van der Waals surface area contributed by atoms with Gasteiger partial charge in [0.2, 0.25) is 5.91 Å². The fraction of sp³-hybridized carbons (Fsp3) is 0.320. The summed E-state index contributed by atoms with van der Waals surface area (Å²) in [7, 11) is 1.63. The van der Waals surface area contributed by atoms with Crippen LogP contribution < -0.4 is 15.2 Å². The van der Waals surface area contributed by atoms with E-state index in [0.29, 0.717) is 40.3 Å². The number of piperazine rings is 1. The van der Waals surface area contributed by atoms with Gasteiger partial charge in [-0.1, -0.05) is 41.6 Å². The zero-order valence-corrected chi connectivity index (χ0v) is 20.8. The third-order valence-electron chi connectivity index (χ3n) is 5.84. The van der Waals surface area contributed by atoms with Crippen LogP contribution in [0.4, 0.5) is 5.69 Å². The number of H-pyrrole nitrogens is 1. The van der Waals surface area contributed by atoms with Gasteiger partial charge in [0, 0.05) is 53.9 Å². The summed E-state index contributed by atoms with van der Waals surface area (Å²) in [6.45, 7) is 4.43. The SMILES string of the molecule is COc1cccc(CSc2nc(C)c(CC(=O)N3CCN(c4cccc(Cl)c4)CC3)c(=O)[nH]2)c1. The average Bonchev–Trinajstić information content (AvgIpc) is 2.85. The highest BCUT2D eigenvalue weighted by Gasteiger charge is 2.23. The number of hydrogen-bond acceptors (Lipinski definition) is 6. The lowest BCUT2D eigenvalue weighted by Crippen LogP contribution is -2.49. The molecule has 0 spiro atoms. The number of carbonyl (C=O) groups excluding carboxylic acids is 1. The van der Waals surface area contributed by atoms with E-state index in [1.807, 2.05) is 53.4 Å². The molecule has 1 amide bonds. The van der Waals surface area contributed by atoms with Crippen molar-refractivity contribution in [2.75, 3.05) is 38.2 Å². The summed E-state index contributed by atoms with van der Waals surface area (Å²) in [5, 5.41) is 1.24. The fourth-order valence-electron chi connectivity index (χ4n) is 3.93. The summed E-state index contributed by atoms with van der Waals surface area (Å²) in [5.41, 5.74) is 2.88. The second kappa shape index (κ2) is 11.0. The second-order valence-electron chi connectivity index (χ2n) is 8.10. The van der Waals surface area contributed by atoms with Crippen LogP contribution in [0.25, 0.3) is 0 Å². The van der Waals surface area contributed by atoms with Crippen molar-refractivity contribution in [1.29, 1.82) is 0 Å². The van der Waals surface area contributed by atoms with Gasteiger partial charge in [0.15, 0.2) is 5.16 Å². The van der Waals surface area contributed by atoms with Gasteiger partial charge in [-0.3, -0.25) is 9.59 Å². The molecule has 9 heteroatoms. The third kappa shape index (κ3) is 5.93. The molecule has 1 aliphatic rings. The van der Waals surface area contributed by atoms with Gasteiger partial charge in [-0.05, 0) is 42.8 Å². The molecule has 1 N–H and O–H groups in total. The van der Waals surface area contributed by atoms with Crippen LogP contribution in [0.15, 0.2) is 58.5 Å². The molecule has 178 valence electrons. The number of aryl methyl sites for hydroxylation is 1. The number of nitrogens with one attached hydrogen (secondary N) is 1. The first-order valence-electron chi connectivity index (χ1n) is 11.1. The minimum atomic E-state index is -0.258. The zero-order chi connectivity index (χ0) is 24.1. The number of hydrogen-bond donors (Lipinski definition) is 1. The number of amides is 1. The van der Waals surface area contributed by atoms with Gasteiger partial charge in [-0.25, -0.2) is 4.98 Å². The largest absolute Gasteiger partial charge is 0.497 e. The smallest absolute Gasteiger partial charge is 0.255 e. The first kappa shape index (κ1) is 24.2. The molecule has 0 aliphatic carbocycles. The van der Waals surface area contributed by atoms with Gasteiger partial charge in [0.1, 0.15) is 5.75 Å². The number of carbonyl (C=O) groups is 1. The lowest BCUT2D eigenvalue weighted by atomic mass is 10.1. The quantitative estimate of drug-likeness (QED) is 0.393. The molecule has 3 aromatic rings. The number of ether oxygens (including phenoxy) is 1. The maximum atomic E-state index is 12.9. The standard InChI is InChI=1S/C25H27ClN4O3S/c1-17-22(24(32)28-25(27-17)34-16-18-5-3-8-21(13-18)33-2)15-23(31)30-11-9-29(10-12-30)20-7-4-6-19(26)14-20/h3-8,13-14H,9-12,15-16H2,1-2H3,(H,27,28,32). The number of aromatic nitrogens is 2. The molecule has 1 saturated heterocycles. The molecule has 1 fully saturated rings. The van der Waals surface area contributed by atoms with E-state index in [9.17, 15) is 9.59 Å². The van der Waals surface area contributed by atoms with Crippen LogP contribution in [0.2, 0.25) is 5.02 Å². The van der Waals surface area contributed by atoms with E-state index in [-0.39, 0.29) is 17.9 Å². The molecule has 0 radical (unpaired) electrons. The van der Waals surface area contributed by atoms with Gasteiger partial charge < -0.3 is 19.5 Å². The molecule has 0 atom stereocenters. The van der Waals surface area contributed by atoms with Gasteiger partial charge in [-0.15, -0.1) is 0 Å². The highest BCUT2D eigenvalue weighted by Crippen LogP contribution is 2.23. The maximum Gasteiger partial charge on any atom is 0.255 e. The van der Waals surface area contributed by atoms with E-state index in [0.717, 1.165) is 30.1 Å². The predicted molar refractivity (Wildman–Crippen MR) is 136 cm³/mol. The van der Waals surface area contributed by atoms with Crippen molar-refractivity contribution in [3.8, 4) is 5.75 Å². The number of anilines is 1. The molecular formula is C25H27ClN4O3S. The van der Waals surface area contributed by atoms with E-state index in [2.05, 4.69) is 14.9 Å². The molecule has 0 unspecified atom stereocenters. The molecule has 4 rings (SSSR count). The fourth-order valence-corrected chi connectivity index (χ4v) is 4.96. The molecule has 34 heavy (non-hydrogen) atoms. The molecule has 7 nitrogen and oxygen atoms in total. The van der Waals surface area contributed by atoms with Crippen molar-refractivity contribution in [2.45, 2.75) is 24.3 Å². The third-order valence-corrected chi connectivity index (χ3v) is 7.02. The molecular weight excluding hydrogens is 472 g/mol. The van der Waals surface area contributed by atoms with Crippen LogP contribution in [0.3, 0.4) is 0 Å². The second-order valence-corrected chi connectivity index (χ2v) is 9.50. The van der Waals surface area contributed by atoms with Crippen LogP contribution in [-0.4, -0.2) is 54.1 Å². The van der Waals surface area contributed by atoms with E-state index in [1.54, 1.807) is 14.0 Å². The Kier molecular flexibility index (Phi) is 7.80. The number of halogens is 1. The van der Waals surface area contributed by atoms with Crippen molar-refractivity contribution < 1.29 is 9.53 Å². The molecule has 2 aromatic carbocycles. The minimum Gasteiger partial charge on any atom is -0.497 e. The highest BCUT2D eigenvalue weighted by molar-refractivity contribution is 7.98. The van der Waals surface area contributed by atoms with Crippen molar-refractivity contribution in [2.24, 2.45) is 0 Å². The Morgan fingerprint density at radius 3 is 2.62 bits per heavy atom. The molecule has 1 aromatic heterocycles. The number of methoxy groups -OCH3 is 1. The lowest BCUT2D eigenvalue weighted by molar-refractivity contribution is -0.130.